The largest absolute Gasteiger partial charge is 0.573 e. The maximum atomic E-state index is 14.4. The Kier molecular flexibility index (Phi) is 6.82. The number of alkyl halides is 3. The first kappa shape index (κ1) is 24.6. The van der Waals surface area contributed by atoms with E-state index in [9.17, 15) is 27.2 Å². The van der Waals surface area contributed by atoms with Crippen LogP contribution in [0.15, 0.2) is 67.0 Å². The van der Waals surface area contributed by atoms with Gasteiger partial charge >= 0.3 is 6.36 Å². The van der Waals surface area contributed by atoms with Gasteiger partial charge in [0, 0.05) is 23.9 Å². The molecule has 4 aromatic rings. The molecule has 36 heavy (non-hydrogen) atoms. The summed E-state index contributed by atoms with van der Waals surface area (Å²) in [6, 6.07) is 13.6. The Bertz CT molecular complexity index is 1440. The number of hydrogen-bond acceptors (Lipinski definition) is 6. The predicted octanol–water partition coefficient (Wildman–Crippen LogP) is 4.80. The number of carbonyl (C=O) groups excluding carboxylic acids is 2. The van der Waals surface area contributed by atoms with Crippen LogP contribution in [0.1, 0.15) is 31.8 Å². The van der Waals surface area contributed by atoms with E-state index in [2.05, 4.69) is 20.0 Å². The highest BCUT2D eigenvalue weighted by molar-refractivity contribution is 6.06. The number of hydrogen-bond donors (Lipinski definition) is 2. The Morgan fingerprint density at radius 3 is 2.44 bits per heavy atom. The Morgan fingerprint density at radius 1 is 1.00 bits per heavy atom. The summed E-state index contributed by atoms with van der Waals surface area (Å²) in [7, 11) is 0. The second-order valence-corrected chi connectivity index (χ2v) is 7.74. The van der Waals surface area contributed by atoms with Crippen LogP contribution in [0.4, 0.5) is 23.4 Å². The van der Waals surface area contributed by atoms with Gasteiger partial charge in [0.05, 0.1) is 11.1 Å². The molecule has 4 rings (SSSR count). The van der Waals surface area contributed by atoms with Crippen molar-refractivity contribution in [3.63, 3.8) is 0 Å². The molecule has 0 aliphatic rings. The summed E-state index contributed by atoms with van der Waals surface area (Å²) in [6.07, 6.45) is -3.85. The number of primary amides is 1. The fourth-order valence-corrected chi connectivity index (χ4v) is 3.60. The second-order valence-electron chi connectivity index (χ2n) is 7.74. The van der Waals surface area contributed by atoms with Crippen molar-refractivity contribution in [2.24, 2.45) is 5.73 Å². The molecule has 0 saturated heterocycles. The number of fused-ring (bicyclic) bond motifs is 1. The average molecular weight is 498 g/mol. The molecule has 1 amide bonds. The Labute approximate surface area is 201 Å². The molecule has 0 aliphatic carbocycles. The summed E-state index contributed by atoms with van der Waals surface area (Å²) in [5, 5.41) is 3.68. The van der Waals surface area contributed by atoms with Crippen molar-refractivity contribution in [2.75, 3.05) is 5.32 Å². The summed E-state index contributed by atoms with van der Waals surface area (Å²) >= 11 is 0. The fraction of sp³-hybridized carbons (Fsp3) is 0.120. The fourth-order valence-electron chi connectivity index (χ4n) is 3.60. The number of carbonyl (C=O) groups is 2. The van der Waals surface area contributed by atoms with Crippen molar-refractivity contribution in [1.82, 2.24) is 9.97 Å². The number of amides is 1. The highest BCUT2D eigenvalue weighted by Crippen LogP contribution is 2.25. The van der Waals surface area contributed by atoms with Crippen LogP contribution in [0, 0.1) is 5.82 Å². The minimum atomic E-state index is -4.84. The molecule has 0 unspecified atom stereocenters. The lowest BCUT2D eigenvalue weighted by Crippen LogP contribution is -2.17. The van der Waals surface area contributed by atoms with Crippen molar-refractivity contribution in [2.45, 2.75) is 19.3 Å². The Morgan fingerprint density at radius 2 is 1.75 bits per heavy atom. The van der Waals surface area contributed by atoms with Gasteiger partial charge in [0.15, 0.2) is 5.78 Å². The van der Waals surface area contributed by atoms with E-state index in [1.54, 1.807) is 18.2 Å². The quantitative estimate of drug-likeness (QED) is 0.267. The van der Waals surface area contributed by atoms with Crippen molar-refractivity contribution in [1.29, 1.82) is 0 Å². The van der Waals surface area contributed by atoms with E-state index in [0.717, 1.165) is 12.1 Å². The Hall–Kier alpha value is -4.54. The van der Waals surface area contributed by atoms with Gasteiger partial charge in [-0.3, -0.25) is 9.59 Å². The summed E-state index contributed by atoms with van der Waals surface area (Å²) in [4.78, 5) is 32.6. The van der Waals surface area contributed by atoms with Gasteiger partial charge < -0.3 is 15.8 Å². The highest BCUT2D eigenvalue weighted by atomic mass is 19.4. The van der Waals surface area contributed by atoms with E-state index >= 15 is 0 Å². The summed E-state index contributed by atoms with van der Waals surface area (Å²) in [6.45, 7) is 0.220. The van der Waals surface area contributed by atoms with E-state index in [1.165, 1.54) is 36.7 Å². The van der Waals surface area contributed by atoms with Crippen molar-refractivity contribution in [3.8, 4) is 5.75 Å². The lowest BCUT2D eigenvalue weighted by Gasteiger charge is -2.11. The topological polar surface area (TPSA) is 107 Å². The van der Waals surface area contributed by atoms with Crippen LogP contribution in [-0.4, -0.2) is 28.0 Å². The van der Waals surface area contributed by atoms with E-state index in [1.807, 2.05) is 0 Å². The van der Waals surface area contributed by atoms with Crippen LogP contribution in [0.5, 0.6) is 5.75 Å². The Balaban J connectivity index is 1.48. The van der Waals surface area contributed by atoms with Crippen LogP contribution in [0.2, 0.25) is 0 Å². The van der Waals surface area contributed by atoms with Crippen LogP contribution < -0.4 is 15.8 Å². The monoisotopic (exact) mass is 498 g/mol. The third kappa shape index (κ3) is 5.74. The number of rotatable bonds is 8. The molecule has 0 spiro atoms. The zero-order chi connectivity index (χ0) is 25.9. The zero-order valence-electron chi connectivity index (χ0n) is 18.5. The van der Waals surface area contributed by atoms with E-state index in [0.29, 0.717) is 22.3 Å². The summed E-state index contributed by atoms with van der Waals surface area (Å²) in [5.41, 5.74) is 6.93. The first-order valence-corrected chi connectivity index (χ1v) is 10.5. The van der Waals surface area contributed by atoms with E-state index in [-0.39, 0.29) is 29.7 Å². The first-order valence-electron chi connectivity index (χ1n) is 10.5. The molecule has 0 aliphatic heterocycles. The molecule has 1 aromatic heterocycles. The molecule has 11 heteroatoms. The number of aromatic nitrogens is 2. The standard InChI is InChI=1S/C25H18F4N4O3/c26-20-9-4-14(12-31-24-19-3-1-2-18(23(30)35)22(19)32-13-33-24)10-16(20)11-21(34)15-5-7-17(8-6-15)36-25(27,28)29/h1-10,13H,11-12H2,(H2,30,35)(H,31,32,33). The number of nitrogens with zero attached hydrogens (tertiary/aromatic N) is 2. The molecule has 7 nitrogen and oxygen atoms in total. The third-order valence-electron chi connectivity index (χ3n) is 5.26. The SMILES string of the molecule is NC(=O)c1cccc2c(NCc3ccc(F)c(CC(=O)c4ccc(OC(F)(F)F)cc4)c3)ncnc12. The molecular formula is C25H18F4N4O3. The lowest BCUT2D eigenvalue weighted by molar-refractivity contribution is -0.274. The maximum Gasteiger partial charge on any atom is 0.573 e. The number of halogens is 4. The van der Waals surface area contributed by atoms with Gasteiger partial charge in [-0.15, -0.1) is 13.2 Å². The van der Waals surface area contributed by atoms with Crippen LogP contribution >= 0.6 is 0 Å². The highest BCUT2D eigenvalue weighted by Gasteiger charge is 2.31. The summed E-state index contributed by atoms with van der Waals surface area (Å²) in [5.74, 6) is -1.72. The molecule has 3 aromatic carbocycles. The number of ketones is 1. The molecule has 0 saturated carbocycles. The average Bonchev–Trinajstić information content (AvgIpc) is 2.83. The number of ether oxygens (including phenoxy) is 1. The van der Waals surface area contributed by atoms with Gasteiger partial charge in [0.25, 0.3) is 5.91 Å². The van der Waals surface area contributed by atoms with Gasteiger partial charge in [0.2, 0.25) is 0 Å². The smallest absolute Gasteiger partial charge is 0.406 e. The molecule has 184 valence electrons. The van der Waals surface area contributed by atoms with Crippen molar-refractivity contribution < 1.29 is 31.9 Å². The van der Waals surface area contributed by atoms with Gasteiger partial charge in [-0.25, -0.2) is 14.4 Å². The van der Waals surface area contributed by atoms with E-state index in [4.69, 9.17) is 5.73 Å². The number of Topliss-reactive ketones (excluding diaryl/α,β-unsaturated/α-hetero) is 1. The molecule has 0 radical (unpaired) electrons. The van der Waals surface area contributed by atoms with Crippen LogP contribution in [-0.2, 0) is 13.0 Å². The van der Waals surface area contributed by atoms with Crippen LogP contribution in [0.3, 0.4) is 0 Å². The minimum absolute atomic E-state index is 0.116. The second kappa shape index (κ2) is 9.98. The molecule has 1 heterocycles. The lowest BCUT2D eigenvalue weighted by atomic mass is 10.0. The maximum absolute atomic E-state index is 14.4. The number of benzene rings is 3. The molecule has 3 N–H and O–H groups in total. The van der Waals surface area contributed by atoms with Crippen LogP contribution in [0.25, 0.3) is 10.9 Å². The number of para-hydroxylation sites is 1. The van der Waals surface area contributed by atoms with Gasteiger partial charge in [-0.2, -0.15) is 0 Å². The molecule has 0 bridgehead atoms. The predicted molar refractivity (Wildman–Crippen MR) is 123 cm³/mol. The van der Waals surface area contributed by atoms with Gasteiger partial charge in [-0.1, -0.05) is 18.2 Å². The molecule has 0 atom stereocenters. The van der Waals surface area contributed by atoms with E-state index < -0.39 is 29.6 Å². The normalized spacial score (nSPS) is 11.3. The summed E-state index contributed by atoms with van der Waals surface area (Å²) < 4.78 is 55.1. The van der Waals surface area contributed by atoms with Crippen molar-refractivity contribution in [3.05, 3.63) is 95.1 Å². The van der Waals surface area contributed by atoms with Crippen molar-refractivity contribution >= 4 is 28.4 Å². The number of nitrogens with one attached hydrogen (secondary N) is 1. The van der Waals surface area contributed by atoms with Gasteiger partial charge in [-0.05, 0) is 53.6 Å². The zero-order valence-corrected chi connectivity index (χ0v) is 18.5. The first-order chi connectivity index (χ1) is 17.1. The van der Waals surface area contributed by atoms with Gasteiger partial charge in [0.1, 0.15) is 23.7 Å². The molecule has 0 fully saturated rings. The number of anilines is 1. The third-order valence-corrected chi connectivity index (χ3v) is 5.26. The minimum Gasteiger partial charge on any atom is -0.406 e. The number of nitrogens with two attached hydrogens (primary N) is 1. The molecular weight excluding hydrogens is 480 g/mol.